The van der Waals surface area contributed by atoms with Crippen LogP contribution in [-0.2, 0) is 16.1 Å². The zero-order valence-electron chi connectivity index (χ0n) is 21.5. The number of carbonyl (C=O) groups is 2. The minimum atomic E-state index is -0.646. The summed E-state index contributed by atoms with van der Waals surface area (Å²) in [5.41, 5.74) is 2.99. The lowest BCUT2D eigenvalue weighted by Crippen LogP contribution is -2.55. The van der Waals surface area contributed by atoms with Gasteiger partial charge in [-0.2, -0.15) is 0 Å². The topological polar surface area (TPSA) is 64.7 Å². The van der Waals surface area contributed by atoms with E-state index in [0.717, 1.165) is 40.7 Å². The highest BCUT2D eigenvalue weighted by molar-refractivity contribution is 6.04. The molecule has 0 fully saturated rings. The second-order valence-electron chi connectivity index (χ2n) is 9.75. The van der Waals surface area contributed by atoms with E-state index in [1.165, 1.54) is 0 Å². The highest BCUT2D eigenvalue weighted by Gasteiger charge is 2.35. The molecule has 3 aromatic rings. The van der Waals surface area contributed by atoms with Gasteiger partial charge in [-0.05, 0) is 54.8 Å². The van der Waals surface area contributed by atoms with Crippen LogP contribution >= 0.6 is 12.4 Å². The van der Waals surface area contributed by atoms with Gasteiger partial charge < -0.3 is 20.4 Å². The summed E-state index contributed by atoms with van der Waals surface area (Å²) in [5, 5.41) is 8.28. The number of halogens is 1. The lowest BCUT2D eigenvalue weighted by atomic mass is 10.0. The Morgan fingerprint density at radius 2 is 1.64 bits per heavy atom. The molecular formula is C29H37ClN4O2. The predicted octanol–water partition coefficient (Wildman–Crippen LogP) is 4.75. The predicted molar refractivity (Wildman–Crippen MR) is 151 cm³/mol. The number of nitrogens with one attached hydrogen (secondary N) is 2. The highest BCUT2D eigenvalue weighted by atomic mass is 35.5. The summed E-state index contributed by atoms with van der Waals surface area (Å²) < 4.78 is 0. The number of amides is 2. The molecule has 0 radical (unpaired) electrons. The van der Waals surface area contributed by atoms with Crippen LogP contribution in [0.4, 0.5) is 11.4 Å². The third-order valence-electron chi connectivity index (χ3n) is 6.81. The third-order valence-corrected chi connectivity index (χ3v) is 6.81. The van der Waals surface area contributed by atoms with E-state index in [2.05, 4.69) is 59.7 Å². The largest absolute Gasteiger partial charge is 0.367 e. The quantitative estimate of drug-likeness (QED) is 0.460. The van der Waals surface area contributed by atoms with Gasteiger partial charge in [0.25, 0.3) is 5.91 Å². The van der Waals surface area contributed by atoms with Gasteiger partial charge in [-0.3, -0.25) is 9.59 Å². The van der Waals surface area contributed by atoms with Gasteiger partial charge in [-0.15, -0.1) is 12.4 Å². The summed E-state index contributed by atoms with van der Waals surface area (Å²) in [5.74, 6) is 0.269. The Kier molecular flexibility index (Phi) is 9.35. The second-order valence-corrected chi connectivity index (χ2v) is 9.75. The van der Waals surface area contributed by atoms with E-state index in [1.807, 2.05) is 41.3 Å². The Balaban J connectivity index is 0.00000361. The van der Waals surface area contributed by atoms with Crippen molar-refractivity contribution in [3.63, 3.8) is 0 Å². The molecule has 6 nitrogen and oxygen atoms in total. The van der Waals surface area contributed by atoms with Gasteiger partial charge in [0.2, 0.25) is 5.91 Å². The number of fused-ring (bicyclic) bond motifs is 2. The lowest BCUT2D eigenvalue weighted by molar-refractivity contribution is -0.128. The molecule has 0 spiro atoms. The molecule has 2 atom stereocenters. The molecule has 3 aromatic carbocycles. The van der Waals surface area contributed by atoms with Gasteiger partial charge in [0.15, 0.2) is 0 Å². The summed E-state index contributed by atoms with van der Waals surface area (Å²) in [6, 6.07) is 21.5. The Morgan fingerprint density at radius 1 is 0.972 bits per heavy atom. The van der Waals surface area contributed by atoms with E-state index in [-0.39, 0.29) is 30.3 Å². The first kappa shape index (κ1) is 27.5. The van der Waals surface area contributed by atoms with E-state index in [1.54, 1.807) is 14.0 Å². The van der Waals surface area contributed by atoms with Crippen LogP contribution in [0.2, 0.25) is 0 Å². The van der Waals surface area contributed by atoms with Crippen molar-refractivity contribution in [3.05, 3.63) is 72.3 Å². The maximum atomic E-state index is 14.0. The van der Waals surface area contributed by atoms with Gasteiger partial charge in [-0.25, -0.2) is 0 Å². The minimum Gasteiger partial charge on any atom is -0.367 e. The normalized spacial score (nSPS) is 16.4. The minimum absolute atomic E-state index is 0. The molecular weight excluding hydrogens is 472 g/mol. The van der Waals surface area contributed by atoms with Crippen LogP contribution in [0.3, 0.4) is 0 Å². The Morgan fingerprint density at radius 3 is 2.36 bits per heavy atom. The number of benzene rings is 3. The summed E-state index contributed by atoms with van der Waals surface area (Å²) in [6.07, 6.45) is 0.999. The zero-order valence-corrected chi connectivity index (χ0v) is 22.3. The molecule has 4 rings (SSSR count). The monoisotopic (exact) mass is 508 g/mol. The second kappa shape index (κ2) is 12.2. The zero-order chi connectivity index (χ0) is 24.9. The molecule has 0 aliphatic carbocycles. The van der Waals surface area contributed by atoms with Gasteiger partial charge >= 0.3 is 0 Å². The van der Waals surface area contributed by atoms with E-state index in [0.29, 0.717) is 19.0 Å². The number of nitrogens with zero attached hydrogens (tertiary/aromatic N) is 2. The number of hydrogen-bond acceptors (Lipinski definition) is 4. The van der Waals surface area contributed by atoms with E-state index in [9.17, 15) is 9.59 Å². The summed E-state index contributed by atoms with van der Waals surface area (Å²) in [4.78, 5) is 31.0. The first-order chi connectivity index (χ1) is 16.9. The number of para-hydroxylation sites is 2. The first-order valence-corrected chi connectivity index (χ1v) is 12.5. The molecule has 1 aliphatic heterocycles. The van der Waals surface area contributed by atoms with E-state index >= 15 is 0 Å². The van der Waals surface area contributed by atoms with Crippen molar-refractivity contribution in [3.8, 4) is 0 Å². The number of anilines is 2. The molecule has 192 valence electrons. The van der Waals surface area contributed by atoms with E-state index in [4.69, 9.17) is 0 Å². The molecule has 2 amide bonds. The highest BCUT2D eigenvalue weighted by Crippen LogP contribution is 2.35. The first-order valence-electron chi connectivity index (χ1n) is 12.5. The van der Waals surface area contributed by atoms with Crippen molar-refractivity contribution in [1.82, 2.24) is 10.6 Å². The standard InChI is InChI=1S/C29H36N4O2.ClH/c1-20(2)16-17-32-19-25(31-28(34)21(3)30-4)29(35)33(27-15-8-7-14-26(27)32)18-23-12-9-11-22-10-5-6-13-24(22)23;/h5-15,20-21,25,30H,16-19H2,1-4H3,(H,31,34);1H. The Labute approximate surface area is 220 Å². The number of rotatable bonds is 8. The van der Waals surface area contributed by atoms with Crippen molar-refractivity contribution < 1.29 is 9.59 Å². The molecule has 0 saturated heterocycles. The fraction of sp³-hybridized carbons (Fsp3) is 0.379. The van der Waals surface area contributed by atoms with Gasteiger partial charge in [0, 0.05) is 13.1 Å². The summed E-state index contributed by atoms with van der Waals surface area (Å²) in [7, 11) is 1.75. The average molecular weight is 509 g/mol. The molecule has 0 bridgehead atoms. The third kappa shape index (κ3) is 6.00. The maximum Gasteiger partial charge on any atom is 0.251 e. The van der Waals surface area contributed by atoms with Crippen LogP contribution in [0.1, 0.15) is 32.8 Å². The summed E-state index contributed by atoms with van der Waals surface area (Å²) >= 11 is 0. The van der Waals surface area contributed by atoms with E-state index < -0.39 is 6.04 Å². The molecule has 2 unspecified atom stereocenters. The number of hydrogen-bond donors (Lipinski definition) is 2. The molecule has 0 saturated carbocycles. The average Bonchev–Trinajstić information content (AvgIpc) is 2.97. The lowest BCUT2D eigenvalue weighted by Gasteiger charge is -2.28. The van der Waals surface area contributed by atoms with Crippen molar-refractivity contribution in [2.24, 2.45) is 5.92 Å². The fourth-order valence-electron chi connectivity index (χ4n) is 4.59. The van der Waals surface area contributed by atoms with Crippen LogP contribution < -0.4 is 20.4 Å². The van der Waals surface area contributed by atoms with Crippen LogP contribution in [0.25, 0.3) is 10.8 Å². The molecule has 1 heterocycles. The number of likely N-dealkylation sites (N-methyl/N-ethyl adjacent to an activating group) is 1. The van der Waals surface area contributed by atoms with Crippen LogP contribution in [0.15, 0.2) is 66.7 Å². The molecule has 7 heteroatoms. The van der Waals surface area contributed by atoms with Crippen molar-refractivity contribution >= 4 is 46.4 Å². The molecule has 1 aliphatic rings. The Bertz CT molecular complexity index is 1190. The van der Waals surface area contributed by atoms with Gasteiger partial charge in [-0.1, -0.05) is 68.4 Å². The SMILES string of the molecule is CNC(C)C(=O)NC1CN(CCC(C)C)c2ccccc2N(Cc2cccc3ccccc23)C1=O.Cl. The van der Waals surface area contributed by atoms with Crippen molar-refractivity contribution in [2.45, 2.75) is 45.8 Å². The van der Waals surface area contributed by atoms with Crippen molar-refractivity contribution in [1.29, 1.82) is 0 Å². The molecule has 36 heavy (non-hydrogen) atoms. The molecule has 0 aromatic heterocycles. The van der Waals surface area contributed by atoms with Crippen LogP contribution in [-0.4, -0.2) is 44.0 Å². The smallest absolute Gasteiger partial charge is 0.251 e. The maximum absolute atomic E-state index is 14.0. The molecule has 2 N–H and O–H groups in total. The van der Waals surface area contributed by atoms with Crippen LogP contribution in [0, 0.1) is 5.92 Å². The van der Waals surface area contributed by atoms with Gasteiger partial charge in [0.05, 0.1) is 24.0 Å². The number of carbonyl (C=O) groups excluding carboxylic acids is 2. The fourth-order valence-corrected chi connectivity index (χ4v) is 4.59. The Hall–Kier alpha value is -3.09. The van der Waals surface area contributed by atoms with Crippen molar-refractivity contribution in [2.75, 3.05) is 29.9 Å². The van der Waals surface area contributed by atoms with Gasteiger partial charge in [0.1, 0.15) is 6.04 Å². The summed E-state index contributed by atoms with van der Waals surface area (Å²) in [6.45, 7) is 7.90. The van der Waals surface area contributed by atoms with Crippen LogP contribution in [0.5, 0.6) is 0 Å².